The zero-order valence-electron chi connectivity index (χ0n) is 16.3. The Hall–Kier alpha value is -2.60. The Kier molecular flexibility index (Phi) is 6.66. The van der Waals surface area contributed by atoms with Gasteiger partial charge in [-0.1, -0.05) is 66.7 Å². The molecule has 5 heteroatoms. The third-order valence-electron chi connectivity index (χ3n) is 5.19. The first kappa shape index (κ1) is 22.1. The summed E-state index contributed by atoms with van der Waals surface area (Å²) in [6.45, 7) is 0. The second-order valence-corrected chi connectivity index (χ2v) is 6.85. The molecule has 1 aromatic heterocycles. The summed E-state index contributed by atoms with van der Waals surface area (Å²) >= 11 is 0. The van der Waals surface area contributed by atoms with E-state index in [2.05, 4.69) is 53.1 Å². The fourth-order valence-corrected chi connectivity index (χ4v) is 3.84. The smallest absolute Gasteiger partial charge is 1.00 e. The number of anilines is 1. The van der Waals surface area contributed by atoms with E-state index in [4.69, 9.17) is 5.73 Å². The fourth-order valence-electron chi connectivity index (χ4n) is 3.84. The Balaban J connectivity index is 0.00000128. The predicted molar refractivity (Wildman–Crippen MR) is 124 cm³/mol. The molecule has 0 aliphatic heterocycles. The van der Waals surface area contributed by atoms with E-state index in [1.807, 2.05) is 42.5 Å². The summed E-state index contributed by atoms with van der Waals surface area (Å²) in [7, 11) is 0. The third kappa shape index (κ3) is 3.64. The third-order valence-corrected chi connectivity index (χ3v) is 5.19. The SMILES string of the molecule is [Br-].[Mg+2].[N-]=C(c1ccc(-n2c3ccccc3c3ccccc32)cc1)c1ccccc1N. The van der Waals surface area contributed by atoms with Gasteiger partial charge in [-0.05, 0) is 41.5 Å². The van der Waals surface area contributed by atoms with Crippen LogP contribution in [-0.4, -0.2) is 33.3 Å². The topological polar surface area (TPSA) is 53.2 Å². The van der Waals surface area contributed by atoms with Gasteiger partial charge < -0.3 is 32.7 Å². The molecule has 5 aromatic rings. The summed E-state index contributed by atoms with van der Waals surface area (Å²) in [4.78, 5) is 0. The van der Waals surface area contributed by atoms with Crippen molar-refractivity contribution < 1.29 is 17.0 Å². The van der Waals surface area contributed by atoms with Gasteiger partial charge in [0.05, 0.1) is 11.0 Å². The average molecular weight is 465 g/mol. The molecule has 0 atom stereocenters. The normalized spacial score (nSPS) is 10.4. The van der Waals surface area contributed by atoms with E-state index in [1.54, 1.807) is 6.07 Å². The molecule has 142 valence electrons. The molecule has 5 rings (SSSR count). The fraction of sp³-hybridized carbons (Fsp3) is 0. The minimum atomic E-state index is 0. The standard InChI is InChI=1S/C25H18N3.BrH.Mg/c26-22-10-4-1-9-21(22)25(27)17-13-15-18(16-14-17)28-23-11-5-2-7-19(23)20-8-3-6-12-24(20)28;;/h1-16H,26H2;1H;/q-1;;+2/p-1. The maximum absolute atomic E-state index is 10.7. The van der Waals surface area contributed by atoms with Gasteiger partial charge >= 0.3 is 23.1 Å². The van der Waals surface area contributed by atoms with E-state index >= 15 is 0 Å². The molecular formula is C25H18BrMgN3. The number of para-hydroxylation sites is 3. The van der Waals surface area contributed by atoms with Crippen LogP contribution >= 0.6 is 0 Å². The summed E-state index contributed by atoms with van der Waals surface area (Å²) < 4.78 is 2.25. The van der Waals surface area contributed by atoms with Gasteiger partial charge in [0, 0.05) is 22.1 Å². The first-order chi connectivity index (χ1) is 13.7. The maximum atomic E-state index is 10.7. The van der Waals surface area contributed by atoms with Gasteiger partial charge in [0.2, 0.25) is 0 Å². The van der Waals surface area contributed by atoms with Gasteiger partial charge in [-0.3, -0.25) is 0 Å². The number of halogens is 1. The number of hydrogen-bond donors (Lipinski definition) is 1. The Morgan fingerprint density at radius 2 is 1.17 bits per heavy atom. The Morgan fingerprint density at radius 1 is 0.667 bits per heavy atom. The van der Waals surface area contributed by atoms with Crippen LogP contribution in [0.3, 0.4) is 0 Å². The summed E-state index contributed by atoms with van der Waals surface area (Å²) in [5, 5.41) is 13.1. The number of nitrogen functional groups attached to an aromatic ring is 1. The predicted octanol–water partition coefficient (Wildman–Crippen LogP) is 2.40. The second kappa shape index (κ2) is 9.04. The van der Waals surface area contributed by atoms with Crippen LogP contribution in [0, 0.1) is 0 Å². The molecular weight excluding hydrogens is 447 g/mol. The van der Waals surface area contributed by atoms with Crippen molar-refractivity contribution in [2.45, 2.75) is 0 Å². The molecule has 0 fully saturated rings. The number of benzene rings is 4. The van der Waals surface area contributed by atoms with Crippen molar-refractivity contribution in [3.05, 3.63) is 114 Å². The van der Waals surface area contributed by atoms with E-state index in [0.717, 1.165) is 22.3 Å². The zero-order valence-corrected chi connectivity index (χ0v) is 19.3. The van der Waals surface area contributed by atoms with Crippen LogP contribution in [0.15, 0.2) is 97.1 Å². The number of fused-ring (bicyclic) bond motifs is 3. The van der Waals surface area contributed by atoms with Gasteiger partial charge in [-0.15, -0.1) is 5.71 Å². The van der Waals surface area contributed by atoms with Crippen molar-refractivity contribution >= 4 is 56.3 Å². The van der Waals surface area contributed by atoms with Crippen LogP contribution < -0.4 is 22.7 Å². The molecule has 30 heavy (non-hydrogen) atoms. The van der Waals surface area contributed by atoms with Crippen LogP contribution in [0.1, 0.15) is 11.1 Å². The molecule has 0 spiro atoms. The van der Waals surface area contributed by atoms with Gasteiger partial charge in [-0.2, -0.15) is 0 Å². The van der Waals surface area contributed by atoms with Crippen molar-refractivity contribution in [2.24, 2.45) is 0 Å². The van der Waals surface area contributed by atoms with Gasteiger partial charge in [0.25, 0.3) is 0 Å². The van der Waals surface area contributed by atoms with Gasteiger partial charge in [0.15, 0.2) is 0 Å². The molecule has 4 aromatic carbocycles. The second-order valence-electron chi connectivity index (χ2n) is 6.85. The average Bonchev–Trinajstić information content (AvgIpc) is 3.08. The van der Waals surface area contributed by atoms with Crippen molar-refractivity contribution in [1.29, 1.82) is 0 Å². The molecule has 0 radical (unpaired) electrons. The summed E-state index contributed by atoms with van der Waals surface area (Å²) in [6.07, 6.45) is 0. The number of nitrogens with two attached hydrogens (primary N) is 1. The van der Waals surface area contributed by atoms with Crippen molar-refractivity contribution in [2.75, 3.05) is 5.73 Å². The van der Waals surface area contributed by atoms with Gasteiger partial charge in [-0.25, -0.2) is 0 Å². The molecule has 0 saturated carbocycles. The molecule has 0 saturated heterocycles. The largest absolute Gasteiger partial charge is 2.00 e. The zero-order chi connectivity index (χ0) is 19.1. The minimum absolute atomic E-state index is 0. The van der Waals surface area contributed by atoms with E-state index in [1.165, 1.54) is 10.8 Å². The number of nitrogens with zero attached hydrogens (tertiary/aromatic N) is 2. The molecule has 0 aliphatic rings. The molecule has 1 heterocycles. The van der Waals surface area contributed by atoms with Crippen molar-refractivity contribution in [1.82, 2.24) is 4.57 Å². The summed E-state index contributed by atoms with van der Waals surface area (Å²) in [5.74, 6) is 0. The van der Waals surface area contributed by atoms with E-state index in [0.29, 0.717) is 11.3 Å². The van der Waals surface area contributed by atoms with E-state index in [-0.39, 0.29) is 45.7 Å². The molecule has 2 N–H and O–H groups in total. The Labute approximate surface area is 202 Å². The summed E-state index contributed by atoms with van der Waals surface area (Å²) in [5.41, 5.74) is 11.5. The number of aromatic nitrogens is 1. The van der Waals surface area contributed by atoms with E-state index < -0.39 is 0 Å². The molecule has 0 bridgehead atoms. The molecule has 0 unspecified atom stereocenters. The quantitative estimate of drug-likeness (QED) is 0.249. The number of hydrogen-bond acceptors (Lipinski definition) is 1. The van der Waals surface area contributed by atoms with Crippen molar-refractivity contribution in [3.8, 4) is 5.69 Å². The molecule has 0 aliphatic carbocycles. The van der Waals surface area contributed by atoms with Gasteiger partial charge in [0.1, 0.15) is 0 Å². The first-order valence-corrected chi connectivity index (χ1v) is 9.24. The molecule has 0 amide bonds. The maximum Gasteiger partial charge on any atom is 2.00 e. The van der Waals surface area contributed by atoms with Crippen LogP contribution in [0.2, 0.25) is 0 Å². The monoisotopic (exact) mass is 463 g/mol. The minimum Gasteiger partial charge on any atom is -1.00 e. The number of rotatable bonds is 3. The van der Waals surface area contributed by atoms with Crippen LogP contribution in [0.5, 0.6) is 0 Å². The summed E-state index contributed by atoms with van der Waals surface area (Å²) in [6, 6.07) is 32.1. The van der Waals surface area contributed by atoms with Crippen LogP contribution in [-0.2, 0) is 0 Å². The first-order valence-electron chi connectivity index (χ1n) is 9.24. The van der Waals surface area contributed by atoms with Crippen LogP contribution in [0.25, 0.3) is 32.9 Å². The van der Waals surface area contributed by atoms with Crippen molar-refractivity contribution in [3.63, 3.8) is 0 Å². The Bertz CT molecular complexity index is 1290. The Morgan fingerprint density at radius 3 is 1.73 bits per heavy atom. The molecule has 3 nitrogen and oxygen atoms in total. The van der Waals surface area contributed by atoms with Crippen LogP contribution in [0.4, 0.5) is 5.69 Å². The van der Waals surface area contributed by atoms with E-state index in [9.17, 15) is 5.41 Å².